The van der Waals surface area contributed by atoms with Crippen LogP contribution in [0.1, 0.15) is 22.8 Å². The molecule has 1 heterocycles. The van der Waals surface area contributed by atoms with Gasteiger partial charge in [0.05, 0.1) is 15.7 Å². The van der Waals surface area contributed by atoms with E-state index in [-0.39, 0.29) is 32.4 Å². The van der Waals surface area contributed by atoms with E-state index in [2.05, 4.69) is 5.32 Å². The summed E-state index contributed by atoms with van der Waals surface area (Å²) in [5.74, 6) is -1.54. The van der Waals surface area contributed by atoms with Crippen LogP contribution in [-0.4, -0.2) is 24.3 Å². The van der Waals surface area contributed by atoms with E-state index < -0.39 is 11.8 Å². The SMILES string of the molecule is CCN(C(=O)c1ccc(NC2=C(Cl)C(=O)N(c3cccc(Cl)c3Cl)C2=O)cc1)c1cccc(C)c1. The number of rotatable bonds is 6. The third kappa shape index (κ3) is 4.78. The molecule has 35 heavy (non-hydrogen) atoms. The van der Waals surface area contributed by atoms with Crippen molar-refractivity contribution < 1.29 is 14.4 Å². The number of aryl methyl sites for hydroxylation is 1. The highest BCUT2D eigenvalue weighted by Gasteiger charge is 2.40. The molecule has 0 spiro atoms. The van der Waals surface area contributed by atoms with Crippen LogP contribution in [0.3, 0.4) is 0 Å². The predicted molar refractivity (Wildman–Crippen MR) is 140 cm³/mol. The van der Waals surface area contributed by atoms with Crippen LogP contribution in [0, 0.1) is 6.92 Å². The van der Waals surface area contributed by atoms with Crippen molar-refractivity contribution in [1.82, 2.24) is 0 Å². The molecule has 3 amide bonds. The van der Waals surface area contributed by atoms with Gasteiger partial charge in [-0.05, 0) is 67.9 Å². The molecule has 0 unspecified atom stereocenters. The average Bonchev–Trinajstić information content (AvgIpc) is 3.05. The van der Waals surface area contributed by atoms with Crippen molar-refractivity contribution in [2.75, 3.05) is 21.7 Å². The summed E-state index contributed by atoms with van der Waals surface area (Å²) < 4.78 is 0. The Morgan fingerprint density at radius 3 is 2.29 bits per heavy atom. The van der Waals surface area contributed by atoms with Gasteiger partial charge in [-0.25, -0.2) is 4.90 Å². The van der Waals surface area contributed by atoms with Crippen molar-refractivity contribution >= 4 is 69.6 Å². The fourth-order valence-electron chi connectivity index (χ4n) is 3.73. The van der Waals surface area contributed by atoms with E-state index in [0.29, 0.717) is 17.8 Å². The second-order valence-electron chi connectivity index (χ2n) is 7.80. The quantitative estimate of drug-likeness (QED) is 0.376. The van der Waals surface area contributed by atoms with Crippen molar-refractivity contribution in [3.8, 4) is 0 Å². The lowest BCUT2D eigenvalue weighted by Crippen LogP contribution is -2.32. The summed E-state index contributed by atoms with van der Waals surface area (Å²) in [4.78, 5) is 41.4. The first kappa shape index (κ1) is 24.8. The average molecular weight is 529 g/mol. The summed E-state index contributed by atoms with van der Waals surface area (Å²) in [6, 6.07) is 18.9. The molecule has 3 aromatic carbocycles. The Hall–Kier alpha value is -3.32. The first-order valence-electron chi connectivity index (χ1n) is 10.7. The number of carbonyl (C=O) groups excluding carboxylic acids is 3. The molecule has 0 saturated carbocycles. The van der Waals surface area contributed by atoms with Gasteiger partial charge in [0, 0.05) is 23.5 Å². The van der Waals surface area contributed by atoms with Crippen molar-refractivity contribution in [1.29, 1.82) is 0 Å². The van der Waals surface area contributed by atoms with Gasteiger partial charge in [0.25, 0.3) is 17.7 Å². The van der Waals surface area contributed by atoms with E-state index in [1.807, 2.05) is 38.1 Å². The van der Waals surface area contributed by atoms with Crippen LogP contribution in [0.25, 0.3) is 0 Å². The molecule has 0 atom stereocenters. The standard InChI is InChI=1S/C26H20Cl3N3O3/c1-3-31(18-7-4-6-15(2)14-18)24(33)16-10-12-17(13-11-16)30-23-22(29)25(34)32(26(23)35)20-9-5-8-19(27)21(20)28/h4-14,30H,3H2,1-2H3. The molecule has 0 fully saturated rings. The number of carbonyl (C=O) groups is 3. The maximum atomic E-state index is 13.1. The Kier molecular flexibility index (Phi) is 7.17. The van der Waals surface area contributed by atoms with Crippen LogP contribution < -0.4 is 15.1 Å². The maximum absolute atomic E-state index is 13.1. The number of benzene rings is 3. The molecule has 0 aliphatic carbocycles. The fourth-order valence-corrected chi connectivity index (χ4v) is 4.32. The van der Waals surface area contributed by atoms with Gasteiger partial charge >= 0.3 is 0 Å². The monoisotopic (exact) mass is 527 g/mol. The van der Waals surface area contributed by atoms with Crippen LogP contribution in [0.4, 0.5) is 17.1 Å². The first-order chi connectivity index (χ1) is 16.7. The molecular weight excluding hydrogens is 509 g/mol. The van der Waals surface area contributed by atoms with Crippen LogP contribution in [0.15, 0.2) is 77.5 Å². The molecule has 3 aromatic rings. The van der Waals surface area contributed by atoms with E-state index in [0.717, 1.165) is 16.2 Å². The molecule has 1 N–H and O–H groups in total. The highest BCUT2D eigenvalue weighted by Crippen LogP contribution is 2.37. The van der Waals surface area contributed by atoms with Gasteiger partial charge in [-0.1, -0.05) is 53.0 Å². The fraction of sp³-hybridized carbons (Fsp3) is 0.115. The zero-order valence-corrected chi connectivity index (χ0v) is 21.1. The first-order valence-corrected chi connectivity index (χ1v) is 11.8. The largest absolute Gasteiger partial charge is 0.350 e. The van der Waals surface area contributed by atoms with Gasteiger partial charge in [-0.2, -0.15) is 0 Å². The second-order valence-corrected chi connectivity index (χ2v) is 8.96. The summed E-state index contributed by atoms with van der Waals surface area (Å²) in [7, 11) is 0. The third-order valence-electron chi connectivity index (χ3n) is 5.48. The minimum Gasteiger partial charge on any atom is -0.350 e. The number of nitrogens with one attached hydrogen (secondary N) is 1. The van der Waals surface area contributed by atoms with E-state index in [4.69, 9.17) is 34.8 Å². The zero-order chi connectivity index (χ0) is 25.3. The van der Waals surface area contributed by atoms with Crippen molar-refractivity contribution in [3.05, 3.63) is 98.6 Å². The summed E-state index contributed by atoms with van der Waals surface area (Å²) in [6.45, 7) is 4.38. The molecule has 4 rings (SSSR count). The van der Waals surface area contributed by atoms with Gasteiger partial charge in [-0.15, -0.1) is 0 Å². The summed E-state index contributed by atoms with van der Waals surface area (Å²) in [5, 5.41) is 2.88. The molecular formula is C26H20Cl3N3O3. The van der Waals surface area contributed by atoms with Gasteiger partial charge in [0.1, 0.15) is 10.7 Å². The molecule has 178 valence electrons. The minimum atomic E-state index is -0.716. The lowest BCUT2D eigenvalue weighted by molar-refractivity contribution is -0.120. The van der Waals surface area contributed by atoms with Gasteiger partial charge in [-0.3, -0.25) is 14.4 Å². The maximum Gasteiger partial charge on any atom is 0.283 e. The van der Waals surface area contributed by atoms with Crippen molar-refractivity contribution in [2.45, 2.75) is 13.8 Å². The highest BCUT2D eigenvalue weighted by molar-refractivity contribution is 6.54. The van der Waals surface area contributed by atoms with E-state index in [1.165, 1.54) is 6.07 Å². The molecule has 1 aliphatic rings. The number of hydrogen-bond acceptors (Lipinski definition) is 4. The molecule has 0 bridgehead atoms. The normalized spacial score (nSPS) is 13.5. The van der Waals surface area contributed by atoms with Crippen LogP contribution in [0.5, 0.6) is 0 Å². The molecule has 0 aromatic heterocycles. The number of nitrogens with zero attached hydrogens (tertiary/aromatic N) is 2. The Morgan fingerprint density at radius 2 is 1.63 bits per heavy atom. The van der Waals surface area contributed by atoms with Crippen LogP contribution in [0.2, 0.25) is 10.0 Å². The van der Waals surface area contributed by atoms with Gasteiger partial charge in [0.2, 0.25) is 0 Å². The van der Waals surface area contributed by atoms with Gasteiger partial charge < -0.3 is 10.2 Å². The Bertz CT molecular complexity index is 1370. The van der Waals surface area contributed by atoms with Crippen molar-refractivity contribution in [3.63, 3.8) is 0 Å². The van der Waals surface area contributed by atoms with E-state index in [9.17, 15) is 14.4 Å². The molecule has 6 nitrogen and oxygen atoms in total. The highest BCUT2D eigenvalue weighted by atomic mass is 35.5. The van der Waals surface area contributed by atoms with E-state index >= 15 is 0 Å². The number of imide groups is 1. The Balaban J connectivity index is 1.54. The molecule has 0 saturated heterocycles. The van der Waals surface area contributed by atoms with E-state index in [1.54, 1.807) is 41.3 Å². The smallest absolute Gasteiger partial charge is 0.283 e. The van der Waals surface area contributed by atoms with Crippen LogP contribution in [-0.2, 0) is 9.59 Å². The summed E-state index contributed by atoms with van der Waals surface area (Å²) in [6.07, 6.45) is 0. The lowest BCUT2D eigenvalue weighted by Gasteiger charge is -2.21. The number of amides is 3. The third-order valence-corrected chi connectivity index (χ3v) is 6.63. The molecule has 9 heteroatoms. The number of anilines is 3. The summed E-state index contributed by atoms with van der Waals surface area (Å²) in [5.41, 5.74) is 2.87. The summed E-state index contributed by atoms with van der Waals surface area (Å²) >= 11 is 18.4. The number of halogens is 3. The van der Waals surface area contributed by atoms with Gasteiger partial charge in [0.15, 0.2) is 0 Å². The Labute approximate surface area is 217 Å². The number of hydrogen-bond donors (Lipinski definition) is 1. The molecule has 1 aliphatic heterocycles. The topological polar surface area (TPSA) is 69.7 Å². The predicted octanol–water partition coefficient (Wildman–Crippen LogP) is 6.40. The molecule has 0 radical (unpaired) electrons. The van der Waals surface area contributed by atoms with Crippen LogP contribution >= 0.6 is 34.8 Å². The zero-order valence-electron chi connectivity index (χ0n) is 18.8. The van der Waals surface area contributed by atoms with Crippen molar-refractivity contribution in [2.24, 2.45) is 0 Å². The second kappa shape index (κ2) is 10.1. The minimum absolute atomic E-state index is 0.0681. The Morgan fingerprint density at radius 1 is 0.943 bits per heavy atom. The lowest BCUT2D eigenvalue weighted by atomic mass is 10.1.